The zero-order valence-corrected chi connectivity index (χ0v) is 20.2. The van der Waals surface area contributed by atoms with Crippen molar-refractivity contribution in [3.05, 3.63) is 53.2 Å². The first-order valence-electron chi connectivity index (χ1n) is 11.0. The minimum absolute atomic E-state index is 0.0227. The molecule has 1 aliphatic carbocycles. The van der Waals surface area contributed by atoms with E-state index < -0.39 is 33.0 Å². The van der Waals surface area contributed by atoms with Crippen molar-refractivity contribution >= 4 is 20.9 Å². The Bertz CT molecular complexity index is 1350. The maximum atomic E-state index is 15.3. The van der Waals surface area contributed by atoms with E-state index in [0.717, 1.165) is 0 Å². The van der Waals surface area contributed by atoms with Gasteiger partial charge in [0.2, 0.25) is 10.0 Å². The van der Waals surface area contributed by atoms with E-state index in [2.05, 4.69) is 9.71 Å². The summed E-state index contributed by atoms with van der Waals surface area (Å²) in [4.78, 5) is 3.63. The number of aryl methyl sites for hydroxylation is 1. The van der Waals surface area contributed by atoms with E-state index in [4.69, 9.17) is 0 Å². The number of halogens is 4. The summed E-state index contributed by atoms with van der Waals surface area (Å²) in [6, 6.07) is 5.24. The van der Waals surface area contributed by atoms with Gasteiger partial charge in [0.1, 0.15) is 5.82 Å². The highest BCUT2D eigenvalue weighted by Crippen LogP contribution is 2.39. The molecular weight excluding hydrogens is 470 g/mol. The van der Waals surface area contributed by atoms with Crippen LogP contribution in [0.1, 0.15) is 50.6 Å². The number of aromatic nitrogens is 2. The molecule has 0 spiro atoms. The molecular formula is C24H27F4N3O2S. The lowest BCUT2D eigenvalue weighted by Crippen LogP contribution is -2.26. The van der Waals surface area contributed by atoms with Crippen LogP contribution in [0.4, 0.5) is 17.6 Å². The van der Waals surface area contributed by atoms with Gasteiger partial charge in [-0.2, -0.15) is 13.2 Å². The Hall–Kier alpha value is -2.46. The number of hydrogen-bond acceptors (Lipinski definition) is 3. The van der Waals surface area contributed by atoms with Gasteiger partial charge in [-0.15, -0.1) is 0 Å². The minimum atomic E-state index is -4.75. The topological polar surface area (TPSA) is 64.0 Å². The molecule has 4 rings (SSSR count). The molecule has 0 radical (unpaired) electrons. The molecule has 0 amide bonds. The largest absolute Gasteiger partial charge is 0.433 e. The Labute approximate surface area is 196 Å². The van der Waals surface area contributed by atoms with Gasteiger partial charge < -0.3 is 4.57 Å². The van der Waals surface area contributed by atoms with Crippen LogP contribution >= 0.6 is 0 Å². The van der Waals surface area contributed by atoms with Crippen molar-refractivity contribution in [2.75, 3.05) is 0 Å². The lowest BCUT2D eigenvalue weighted by molar-refractivity contribution is -0.140. The summed E-state index contributed by atoms with van der Waals surface area (Å²) in [5, 5.41) is 0.0613. The van der Waals surface area contributed by atoms with Gasteiger partial charge in [-0.1, -0.05) is 26.8 Å². The number of fused-ring (bicyclic) bond motifs is 1. The molecule has 1 fully saturated rings. The Kier molecular flexibility index (Phi) is 6.05. The van der Waals surface area contributed by atoms with E-state index >= 15 is 4.39 Å². The quantitative estimate of drug-likeness (QED) is 0.438. The van der Waals surface area contributed by atoms with Crippen LogP contribution in [0.3, 0.4) is 0 Å². The number of benzene rings is 1. The van der Waals surface area contributed by atoms with Crippen molar-refractivity contribution in [1.82, 2.24) is 14.3 Å². The number of nitrogens with zero attached hydrogens (tertiary/aromatic N) is 2. The molecule has 0 saturated heterocycles. The van der Waals surface area contributed by atoms with Crippen molar-refractivity contribution < 1.29 is 26.0 Å². The fourth-order valence-electron chi connectivity index (χ4n) is 4.04. The van der Waals surface area contributed by atoms with Crippen LogP contribution in [0.15, 0.2) is 30.5 Å². The molecule has 1 saturated carbocycles. The van der Waals surface area contributed by atoms with Crippen molar-refractivity contribution in [2.45, 2.75) is 65.1 Å². The standard InChI is InChI=1S/C24H27F4N3O2S/c1-14-5-8-17(22(30-14)24(26,27)28)19-10-21-18(9-20(19)25)15(12-31(21)13-23(2,3)4)11-29-34(32,33)16-6-7-16/h5,8-10,12,16,29H,6-7,11,13H2,1-4H3. The van der Waals surface area contributed by atoms with Gasteiger partial charge in [-0.05, 0) is 48.9 Å². The van der Waals surface area contributed by atoms with Crippen LogP contribution < -0.4 is 4.72 Å². The normalized spacial score (nSPS) is 15.3. The Morgan fingerprint density at radius 1 is 1.12 bits per heavy atom. The van der Waals surface area contributed by atoms with Crippen LogP contribution in [0.2, 0.25) is 0 Å². The Morgan fingerprint density at radius 3 is 2.38 bits per heavy atom. The van der Waals surface area contributed by atoms with Crippen LogP contribution in [0.25, 0.3) is 22.0 Å². The van der Waals surface area contributed by atoms with Crippen molar-refractivity contribution in [2.24, 2.45) is 5.41 Å². The van der Waals surface area contributed by atoms with Gasteiger partial charge in [0.15, 0.2) is 5.69 Å². The number of nitrogens with one attached hydrogen (secondary N) is 1. The molecule has 3 aromatic rings. The van der Waals surface area contributed by atoms with Gasteiger partial charge in [0, 0.05) is 47.0 Å². The maximum Gasteiger partial charge on any atom is 0.433 e. The second kappa shape index (κ2) is 8.34. The Balaban J connectivity index is 1.86. The lowest BCUT2D eigenvalue weighted by atomic mass is 9.96. The molecule has 0 bridgehead atoms. The molecule has 1 aromatic carbocycles. The second-order valence-electron chi connectivity index (χ2n) is 10.1. The first-order chi connectivity index (χ1) is 15.7. The number of alkyl halides is 3. The van der Waals surface area contributed by atoms with Crippen molar-refractivity contribution in [1.29, 1.82) is 0 Å². The van der Waals surface area contributed by atoms with Crippen LogP contribution in [0.5, 0.6) is 0 Å². The third-order valence-corrected chi connectivity index (χ3v) is 7.61. The van der Waals surface area contributed by atoms with E-state index in [9.17, 15) is 21.6 Å². The Morgan fingerprint density at radius 2 is 1.79 bits per heavy atom. The second-order valence-corrected chi connectivity index (χ2v) is 12.1. The highest BCUT2D eigenvalue weighted by atomic mass is 32.2. The molecule has 0 aliphatic heterocycles. The number of rotatable bonds is 6. The van der Waals surface area contributed by atoms with Crippen LogP contribution in [-0.4, -0.2) is 23.2 Å². The van der Waals surface area contributed by atoms with Gasteiger partial charge >= 0.3 is 6.18 Å². The predicted molar refractivity (Wildman–Crippen MR) is 123 cm³/mol. The highest BCUT2D eigenvalue weighted by molar-refractivity contribution is 7.90. The summed E-state index contributed by atoms with van der Waals surface area (Å²) in [5.74, 6) is -0.830. The fourth-order valence-corrected chi connectivity index (χ4v) is 5.39. The van der Waals surface area contributed by atoms with E-state index in [0.29, 0.717) is 35.9 Å². The lowest BCUT2D eigenvalue weighted by Gasteiger charge is -2.20. The molecule has 10 heteroatoms. The van der Waals surface area contributed by atoms with E-state index in [-0.39, 0.29) is 28.8 Å². The number of hydrogen-bond donors (Lipinski definition) is 1. The monoisotopic (exact) mass is 497 g/mol. The van der Waals surface area contributed by atoms with Gasteiger partial charge in [-0.25, -0.2) is 22.5 Å². The van der Waals surface area contributed by atoms with E-state index in [1.54, 1.807) is 6.20 Å². The number of sulfonamides is 1. The van der Waals surface area contributed by atoms with E-state index in [1.807, 2.05) is 25.3 Å². The zero-order chi connectivity index (χ0) is 25.1. The van der Waals surface area contributed by atoms with Crippen LogP contribution in [-0.2, 0) is 29.3 Å². The third-order valence-electron chi connectivity index (χ3n) is 5.72. The summed E-state index contributed by atoms with van der Waals surface area (Å²) in [6.45, 7) is 7.94. The van der Waals surface area contributed by atoms with Crippen LogP contribution in [0, 0.1) is 18.2 Å². The summed E-state index contributed by atoms with van der Waals surface area (Å²) < 4.78 is 85.4. The first kappa shape index (κ1) is 24.7. The minimum Gasteiger partial charge on any atom is -0.347 e. The molecule has 34 heavy (non-hydrogen) atoms. The SMILES string of the molecule is Cc1ccc(-c2cc3c(cc2F)c(CNS(=O)(=O)C2CC2)cn3CC(C)(C)C)c(C(F)(F)F)n1. The molecule has 184 valence electrons. The summed E-state index contributed by atoms with van der Waals surface area (Å²) in [6.07, 6.45) is -1.77. The van der Waals surface area contributed by atoms with Gasteiger partial charge in [0.05, 0.1) is 5.25 Å². The summed E-state index contributed by atoms with van der Waals surface area (Å²) in [5.41, 5.74) is -0.597. The molecule has 2 heterocycles. The molecule has 1 N–H and O–H groups in total. The maximum absolute atomic E-state index is 15.3. The average Bonchev–Trinajstić information content (AvgIpc) is 3.51. The summed E-state index contributed by atoms with van der Waals surface area (Å²) in [7, 11) is -3.45. The summed E-state index contributed by atoms with van der Waals surface area (Å²) >= 11 is 0. The zero-order valence-electron chi connectivity index (χ0n) is 19.4. The van der Waals surface area contributed by atoms with Crippen molar-refractivity contribution in [3.63, 3.8) is 0 Å². The molecule has 0 atom stereocenters. The number of pyridine rings is 1. The van der Waals surface area contributed by atoms with Crippen molar-refractivity contribution in [3.8, 4) is 11.1 Å². The van der Waals surface area contributed by atoms with Gasteiger partial charge in [-0.3, -0.25) is 0 Å². The van der Waals surface area contributed by atoms with E-state index in [1.165, 1.54) is 31.2 Å². The molecule has 1 aliphatic rings. The molecule has 2 aromatic heterocycles. The molecule has 0 unspecified atom stereocenters. The average molecular weight is 498 g/mol. The fraction of sp³-hybridized carbons (Fsp3) is 0.458. The highest BCUT2D eigenvalue weighted by Gasteiger charge is 2.37. The molecule has 5 nitrogen and oxygen atoms in total. The first-order valence-corrected chi connectivity index (χ1v) is 12.6. The van der Waals surface area contributed by atoms with Gasteiger partial charge in [0.25, 0.3) is 0 Å². The predicted octanol–water partition coefficient (Wildman–Crippen LogP) is 5.80. The smallest absolute Gasteiger partial charge is 0.347 e. The third kappa shape index (κ3) is 5.12.